The molecule has 0 fully saturated rings. The molecular formula is C23H20BF3N2O4. The molecule has 0 bridgehead atoms. The lowest BCUT2D eigenvalue weighted by molar-refractivity contribution is -0.137. The SMILES string of the molecule is COC(=N)c1ccc([C@H]2Cc3ccc(C(F)(F)F)cc3B(O)O2)cc1OCc1cccnc1. The highest BCUT2D eigenvalue weighted by atomic mass is 19.4. The van der Waals surface area contributed by atoms with E-state index in [9.17, 15) is 18.2 Å². The Morgan fingerprint density at radius 2 is 2.06 bits per heavy atom. The van der Waals surface area contributed by atoms with Crippen LogP contribution in [0.1, 0.15) is 33.9 Å². The predicted molar refractivity (Wildman–Crippen MR) is 115 cm³/mol. The lowest BCUT2D eigenvalue weighted by atomic mass is 9.71. The van der Waals surface area contributed by atoms with E-state index >= 15 is 0 Å². The van der Waals surface area contributed by atoms with Gasteiger partial charge in [0.15, 0.2) is 0 Å². The van der Waals surface area contributed by atoms with Crippen molar-refractivity contribution in [2.24, 2.45) is 0 Å². The van der Waals surface area contributed by atoms with Gasteiger partial charge in [-0.25, -0.2) is 0 Å². The molecule has 0 amide bonds. The summed E-state index contributed by atoms with van der Waals surface area (Å²) in [5.41, 5.74) is 1.74. The number of fused-ring (bicyclic) bond motifs is 1. The number of hydrogen-bond acceptors (Lipinski definition) is 6. The molecule has 170 valence electrons. The van der Waals surface area contributed by atoms with Crippen molar-refractivity contribution < 1.29 is 32.3 Å². The normalized spacial score (nSPS) is 15.7. The number of pyridine rings is 1. The number of halogens is 3. The Bertz CT molecular complexity index is 1160. The Morgan fingerprint density at radius 3 is 2.76 bits per heavy atom. The second kappa shape index (κ2) is 9.25. The zero-order valence-corrected chi connectivity index (χ0v) is 17.6. The molecule has 10 heteroatoms. The summed E-state index contributed by atoms with van der Waals surface area (Å²) >= 11 is 0. The summed E-state index contributed by atoms with van der Waals surface area (Å²) in [7, 11) is -0.119. The van der Waals surface area contributed by atoms with Gasteiger partial charge in [0, 0.05) is 24.4 Å². The molecule has 0 unspecified atom stereocenters. The van der Waals surface area contributed by atoms with E-state index in [0.29, 0.717) is 22.4 Å². The summed E-state index contributed by atoms with van der Waals surface area (Å²) in [6.45, 7) is 0.207. The lowest BCUT2D eigenvalue weighted by Gasteiger charge is -2.29. The van der Waals surface area contributed by atoms with Gasteiger partial charge in [-0.1, -0.05) is 18.2 Å². The average molecular weight is 456 g/mol. The van der Waals surface area contributed by atoms with Gasteiger partial charge in [0.1, 0.15) is 12.4 Å². The Labute approximate surface area is 188 Å². The highest BCUT2D eigenvalue weighted by molar-refractivity contribution is 6.61. The van der Waals surface area contributed by atoms with Crippen molar-refractivity contribution in [1.82, 2.24) is 4.98 Å². The smallest absolute Gasteiger partial charge is 0.488 e. The Kier molecular flexibility index (Phi) is 6.39. The molecule has 0 radical (unpaired) electrons. The average Bonchev–Trinajstić information content (AvgIpc) is 2.82. The number of ether oxygens (including phenoxy) is 2. The number of aromatic nitrogens is 1. The number of alkyl halides is 3. The van der Waals surface area contributed by atoms with Gasteiger partial charge in [0.05, 0.1) is 24.3 Å². The quantitative estimate of drug-likeness (QED) is 0.348. The first kappa shape index (κ1) is 22.8. The van der Waals surface area contributed by atoms with Crippen LogP contribution in [0.25, 0.3) is 0 Å². The van der Waals surface area contributed by atoms with Crippen LogP contribution in [0.4, 0.5) is 13.2 Å². The molecular weight excluding hydrogens is 436 g/mol. The molecule has 1 atom stereocenters. The number of rotatable bonds is 5. The molecule has 3 aromatic rings. The minimum Gasteiger partial charge on any atom is -0.488 e. The van der Waals surface area contributed by atoms with Crippen LogP contribution in [-0.2, 0) is 28.6 Å². The Balaban J connectivity index is 1.61. The third-order valence-electron chi connectivity index (χ3n) is 5.38. The van der Waals surface area contributed by atoms with Crippen LogP contribution in [0.3, 0.4) is 0 Å². The molecule has 2 N–H and O–H groups in total. The van der Waals surface area contributed by atoms with Crippen molar-refractivity contribution in [2.75, 3.05) is 7.11 Å². The van der Waals surface area contributed by atoms with Gasteiger partial charge in [-0.05, 0) is 46.9 Å². The number of methoxy groups -OCH3 is 1. The van der Waals surface area contributed by atoms with Crippen LogP contribution < -0.4 is 10.2 Å². The monoisotopic (exact) mass is 456 g/mol. The molecule has 6 nitrogen and oxygen atoms in total. The zero-order valence-electron chi connectivity index (χ0n) is 17.6. The maximum atomic E-state index is 13.0. The minimum atomic E-state index is -4.51. The Morgan fingerprint density at radius 1 is 1.24 bits per heavy atom. The molecule has 0 saturated carbocycles. The summed E-state index contributed by atoms with van der Waals surface area (Å²) in [5.74, 6) is 0.289. The van der Waals surface area contributed by atoms with E-state index in [1.807, 2.05) is 6.07 Å². The summed E-state index contributed by atoms with van der Waals surface area (Å²) in [4.78, 5) is 4.05. The van der Waals surface area contributed by atoms with Crippen LogP contribution >= 0.6 is 0 Å². The molecule has 1 aliphatic rings. The first-order valence-electron chi connectivity index (χ1n) is 10.1. The van der Waals surface area contributed by atoms with Crippen LogP contribution in [0, 0.1) is 5.41 Å². The zero-order chi connectivity index (χ0) is 23.6. The fourth-order valence-corrected chi connectivity index (χ4v) is 3.66. The fraction of sp³-hybridized carbons (Fsp3) is 0.217. The molecule has 2 aromatic carbocycles. The molecule has 0 spiro atoms. The molecule has 0 saturated heterocycles. The third-order valence-corrected chi connectivity index (χ3v) is 5.38. The highest BCUT2D eigenvalue weighted by Crippen LogP contribution is 2.34. The molecule has 33 heavy (non-hydrogen) atoms. The first-order valence-corrected chi connectivity index (χ1v) is 10.1. The van der Waals surface area contributed by atoms with Gasteiger partial charge in [0.25, 0.3) is 0 Å². The van der Waals surface area contributed by atoms with Crippen molar-refractivity contribution in [3.63, 3.8) is 0 Å². The number of hydrogen-bond donors (Lipinski definition) is 2. The number of benzene rings is 2. The van der Waals surface area contributed by atoms with Crippen LogP contribution in [-0.4, -0.2) is 30.1 Å². The van der Waals surface area contributed by atoms with Crippen molar-refractivity contribution in [2.45, 2.75) is 25.3 Å². The van der Waals surface area contributed by atoms with Crippen molar-refractivity contribution >= 4 is 18.5 Å². The maximum absolute atomic E-state index is 13.0. The number of nitrogens with zero attached hydrogens (tertiary/aromatic N) is 1. The lowest BCUT2D eigenvalue weighted by Crippen LogP contribution is -2.43. The first-order chi connectivity index (χ1) is 15.8. The minimum absolute atomic E-state index is 0.0858. The van der Waals surface area contributed by atoms with E-state index in [2.05, 4.69) is 4.98 Å². The summed E-state index contributed by atoms with van der Waals surface area (Å²) in [5, 5.41) is 18.4. The Hall–Kier alpha value is -3.37. The summed E-state index contributed by atoms with van der Waals surface area (Å²) in [6, 6.07) is 12.0. The summed E-state index contributed by atoms with van der Waals surface area (Å²) in [6.07, 6.45) is -1.53. The molecule has 4 rings (SSSR count). The van der Waals surface area contributed by atoms with Gasteiger partial charge in [0.2, 0.25) is 5.90 Å². The second-order valence-electron chi connectivity index (χ2n) is 7.53. The maximum Gasteiger partial charge on any atom is 0.491 e. The largest absolute Gasteiger partial charge is 0.491 e. The van der Waals surface area contributed by atoms with Crippen LogP contribution in [0.5, 0.6) is 5.75 Å². The van der Waals surface area contributed by atoms with E-state index in [1.165, 1.54) is 13.2 Å². The van der Waals surface area contributed by atoms with Gasteiger partial charge >= 0.3 is 13.3 Å². The molecule has 1 aliphatic heterocycles. The van der Waals surface area contributed by atoms with Crippen LogP contribution in [0.15, 0.2) is 60.9 Å². The van der Waals surface area contributed by atoms with E-state index in [0.717, 1.165) is 17.7 Å². The second-order valence-corrected chi connectivity index (χ2v) is 7.53. The van der Waals surface area contributed by atoms with Crippen molar-refractivity contribution in [3.8, 4) is 5.75 Å². The standard InChI is InChI=1S/C23H20BF3N2O4/c1-31-22(28)18-7-5-16(10-21(18)32-13-14-3-2-8-29-12-14)20-9-15-4-6-17(23(25,26)27)11-19(15)24(30)33-20/h2-8,10-12,20,28,30H,9,13H2,1H3/t20-/m1/s1. The molecule has 2 heterocycles. The van der Waals surface area contributed by atoms with E-state index in [4.69, 9.17) is 19.5 Å². The predicted octanol–water partition coefficient (Wildman–Crippen LogP) is 3.65. The van der Waals surface area contributed by atoms with Crippen molar-refractivity contribution in [3.05, 3.63) is 88.7 Å². The highest BCUT2D eigenvalue weighted by Gasteiger charge is 2.36. The number of nitrogens with one attached hydrogen (secondary N) is 1. The topological polar surface area (TPSA) is 84.7 Å². The van der Waals surface area contributed by atoms with Gasteiger partial charge < -0.3 is 19.2 Å². The van der Waals surface area contributed by atoms with E-state index < -0.39 is 25.0 Å². The molecule has 0 aliphatic carbocycles. The summed E-state index contributed by atoms with van der Waals surface area (Å²) < 4.78 is 55.7. The van der Waals surface area contributed by atoms with Gasteiger partial charge in [-0.15, -0.1) is 0 Å². The van der Waals surface area contributed by atoms with E-state index in [-0.39, 0.29) is 24.4 Å². The van der Waals surface area contributed by atoms with Gasteiger partial charge in [-0.2, -0.15) is 13.2 Å². The van der Waals surface area contributed by atoms with Gasteiger partial charge in [-0.3, -0.25) is 10.4 Å². The van der Waals surface area contributed by atoms with Crippen molar-refractivity contribution in [1.29, 1.82) is 5.41 Å². The van der Waals surface area contributed by atoms with Crippen LogP contribution in [0.2, 0.25) is 0 Å². The van der Waals surface area contributed by atoms with E-state index in [1.54, 1.807) is 36.7 Å². The fourth-order valence-electron chi connectivity index (χ4n) is 3.66. The molecule has 1 aromatic heterocycles. The third kappa shape index (κ3) is 5.02.